The number of piperidine rings is 1. The zero-order chi connectivity index (χ0) is 24.6. The molecule has 3 heterocycles. The van der Waals surface area contributed by atoms with E-state index in [1.165, 1.54) is 17.2 Å². The highest BCUT2D eigenvalue weighted by Crippen LogP contribution is 2.15. The summed E-state index contributed by atoms with van der Waals surface area (Å²) in [7, 11) is 0. The molecule has 1 saturated heterocycles. The maximum Gasteiger partial charge on any atom is 0.254 e. The quantitative estimate of drug-likeness (QED) is 0.514. The molecule has 0 spiro atoms. The fourth-order valence-corrected chi connectivity index (χ4v) is 4.35. The van der Waals surface area contributed by atoms with Gasteiger partial charge < -0.3 is 14.6 Å². The average molecular weight is 475 g/mol. The number of nitrogens with zero attached hydrogens (tertiary/aromatic N) is 3. The molecule has 0 aliphatic carbocycles. The summed E-state index contributed by atoms with van der Waals surface area (Å²) in [6.45, 7) is 7.45. The van der Waals surface area contributed by atoms with Crippen LogP contribution in [-0.4, -0.2) is 39.5 Å². The first-order valence-corrected chi connectivity index (χ1v) is 12.3. The Kier molecular flexibility index (Phi) is 8.32. The van der Waals surface area contributed by atoms with E-state index in [0.717, 1.165) is 50.2 Å². The van der Waals surface area contributed by atoms with Gasteiger partial charge >= 0.3 is 0 Å². The molecule has 0 unspecified atom stereocenters. The molecule has 1 aliphatic rings. The molecule has 1 aromatic carbocycles. The molecule has 7 nitrogen and oxygen atoms in total. The maximum absolute atomic E-state index is 12.5. The molecule has 0 bridgehead atoms. The number of hydrogen-bond acceptors (Lipinski definition) is 5. The van der Waals surface area contributed by atoms with Crippen LogP contribution in [0.5, 0.6) is 5.75 Å². The van der Waals surface area contributed by atoms with Crippen molar-refractivity contribution in [3.63, 3.8) is 0 Å². The summed E-state index contributed by atoms with van der Waals surface area (Å²) >= 11 is 0. The number of aryl methyl sites for hydroxylation is 3. The van der Waals surface area contributed by atoms with Gasteiger partial charge in [-0.25, -0.2) is 0 Å². The lowest BCUT2D eigenvalue weighted by Crippen LogP contribution is -2.43. The summed E-state index contributed by atoms with van der Waals surface area (Å²) in [6, 6.07) is 16.2. The number of aromatic nitrogens is 2. The van der Waals surface area contributed by atoms with E-state index in [1.54, 1.807) is 23.9 Å². The average Bonchev–Trinajstić information content (AvgIpc) is 2.85. The van der Waals surface area contributed by atoms with Crippen molar-refractivity contribution in [1.82, 2.24) is 19.8 Å². The van der Waals surface area contributed by atoms with Crippen LogP contribution in [0, 0.1) is 6.92 Å². The molecule has 1 fully saturated rings. The van der Waals surface area contributed by atoms with Crippen molar-refractivity contribution in [3.05, 3.63) is 93.7 Å². The van der Waals surface area contributed by atoms with Gasteiger partial charge in [0, 0.05) is 57.6 Å². The van der Waals surface area contributed by atoms with Crippen LogP contribution in [0.3, 0.4) is 0 Å². The van der Waals surface area contributed by atoms with Gasteiger partial charge in [0.2, 0.25) is 5.91 Å². The summed E-state index contributed by atoms with van der Waals surface area (Å²) in [6.07, 6.45) is 6.38. The topological polar surface area (TPSA) is 76.5 Å². The molecule has 2 aromatic heterocycles. The fourth-order valence-electron chi connectivity index (χ4n) is 4.35. The Morgan fingerprint density at radius 1 is 1.09 bits per heavy atom. The first-order valence-electron chi connectivity index (χ1n) is 12.3. The van der Waals surface area contributed by atoms with E-state index in [2.05, 4.69) is 39.5 Å². The van der Waals surface area contributed by atoms with Crippen LogP contribution in [0.15, 0.2) is 65.7 Å². The van der Waals surface area contributed by atoms with Gasteiger partial charge in [-0.15, -0.1) is 0 Å². The molecular formula is C28H34N4O3. The predicted molar refractivity (Wildman–Crippen MR) is 136 cm³/mol. The van der Waals surface area contributed by atoms with Crippen molar-refractivity contribution >= 4 is 5.91 Å². The maximum atomic E-state index is 12.5. The normalized spacial score (nSPS) is 14.6. The first-order chi connectivity index (χ1) is 16.9. The summed E-state index contributed by atoms with van der Waals surface area (Å²) < 4.78 is 7.44. The van der Waals surface area contributed by atoms with E-state index in [9.17, 15) is 9.59 Å². The van der Waals surface area contributed by atoms with Gasteiger partial charge in [-0.05, 0) is 55.0 Å². The highest BCUT2D eigenvalue weighted by Gasteiger charge is 2.19. The van der Waals surface area contributed by atoms with E-state index >= 15 is 0 Å². The van der Waals surface area contributed by atoms with Crippen molar-refractivity contribution in [2.24, 2.45) is 0 Å². The molecule has 0 saturated carbocycles. The number of carbonyl (C=O) groups is 1. The number of carbonyl (C=O) groups excluding carboxylic acids is 1. The second kappa shape index (κ2) is 11.8. The lowest BCUT2D eigenvalue weighted by molar-refractivity contribution is -0.119. The third-order valence-corrected chi connectivity index (χ3v) is 6.39. The zero-order valence-electron chi connectivity index (χ0n) is 20.6. The molecule has 3 aromatic rings. The number of nitrogens with one attached hydrogen (secondary N) is 1. The zero-order valence-corrected chi connectivity index (χ0v) is 20.6. The third-order valence-electron chi connectivity index (χ3n) is 6.39. The van der Waals surface area contributed by atoms with E-state index in [1.807, 2.05) is 25.1 Å². The molecule has 35 heavy (non-hydrogen) atoms. The number of pyridine rings is 2. The van der Waals surface area contributed by atoms with Crippen molar-refractivity contribution in [2.75, 3.05) is 13.1 Å². The predicted octanol–water partition coefficient (Wildman–Crippen LogP) is 3.47. The van der Waals surface area contributed by atoms with Gasteiger partial charge in [-0.2, -0.15) is 0 Å². The highest BCUT2D eigenvalue weighted by molar-refractivity contribution is 5.73. The Morgan fingerprint density at radius 2 is 1.83 bits per heavy atom. The van der Waals surface area contributed by atoms with Gasteiger partial charge in [0.25, 0.3) is 5.56 Å². The Bertz CT molecular complexity index is 1160. The van der Waals surface area contributed by atoms with Crippen LogP contribution in [0.2, 0.25) is 0 Å². The van der Waals surface area contributed by atoms with Crippen molar-refractivity contribution in [1.29, 1.82) is 0 Å². The first kappa shape index (κ1) is 24.7. The number of rotatable bonds is 9. The van der Waals surface area contributed by atoms with Crippen LogP contribution in [0.25, 0.3) is 0 Å². The summed E-state index contributed by atoms with van der Waals surface area (Å²) in [4.78, 5) is 30.5. The van der Waals surface area contributed by atoms with Gasteiger partial charge in [-0.1, -0.05) is 30.3 Å². The molecule has 7 heteroatoms. The molecule has 0 atom stereocenters. The minimum absolute atomic E-state index is 0.0567. The summed E-state index contributed by atoms with van der Waals surface area (Å²) in [5.41, 5.74) is 4.35. The number of hydrogen-bond donors (Lipinski definition) is 1. The largest absolute Gasteiger partial charge is 0.487 e. The monoisotopic (exact) mass is 474 g/mol. The number of ether oxygens (including phenoxy) is 1. The third kappa shape index (κ3) is 7.52. The van der Waals surface area contributed by atoms with Crippen molar-refractivity contribution < 1.29 is 9.53 Å². The van der Waals surface area contributed by atoms with E-state index < -0.39 is 0 Å². The Hall–Kier alpha value is -3.45. The lowest BCUT2D eigenvalue weighted by Gasteiger charge is -2.32. The van der Waals surface area contributed by atoms with Crippen molar-refractivity contribution in [3.8, 4) is 5.75 Å². The Labute approximate surface area is 206 Å². The Morgan fingerprint density at radius 3 is 2.49 bits per heavy atom. The van der Waals surface area contributed by atoms with E-state index in [0.29, 0.717) is 24.9 Å². The fraction of sp³-hybridized carbons (Fsp3) is 0.393. The molecule has 4 rings (SSSR count). The van der Waals surface area contributed by atoms with Crippen LogP contribution >= 0.6 is 0 Å². The van der Waals surface area contributed by atoms with Crippen LogP contribution in [-0.2, 0) is 30.9 Å². The minimum Gasteiger partial charge on any atom is -0.487 e. The van der Waals surface area contributed by atoms with Gasteiger partial charge in [0.05, 0.1) is 5.69 Å². The smallest absolute Gasteiger partial charge is 0.254 e. The second-order valence-corrected chi connectivity index (χ2v) is 9.33. The van der Waals surface area contributed by atoms with Crippen LogP contribution < -0.4 is 15.6 Å². The molecule has 184 valence electrons. The number of amides is 1. The molecule has 1 aliphatic heterocycles. The number of likely N-dealkylation sites (tertiary alicyclic amines) is 1. The SMILES string of the molecule is CC(=O)NC1CCN(Cc2ccc(CCn3ccc(OCc4ccc(C)cn4)cc3=O)cc2)CC1. The number of benzene rings is 1. The van der Waals surface area contributed by atoms with Gasteiger partial charge in [0.15, 0.2) is 0 Å². The van der Waals surface area contributed by atoms with E-state index in [4.69, 9.17) is 4.74 Å². The molecule has 1 N–H and O–H groups in total. The Balaban J connectivity index is 1.23. The standard InChI is InChI=1S/C28H34N4O3/c1-21-3-8-26(29-18-21)20-35-27-12-16-32(28(34)17-27)15-9-23-4-6-24(7-5-23)19-31-13-10-25(11-14-31)30-22(2)33/h3-8,12,16-18,25H,9-11,13-15,19-20H2,1-2H3,(H,30,33). The molecule has 1 amide bonds. The lowest BCUT2D eigenvalue weighted by atomic mass is 10.0. The van der Waals surface area contributed by atoms with Crippen molar-refractivity contribution in [2.45, 2.75) is 58.8 Å². The summed E-state index contributed by atoms with van der Waals surface area (Å²) in [5, 5.41) is 3.02. The molecule has 0 radical (unpaired) electrons. The van der Waals surface area contributed by atoms with Crippen LogP contribution in [0.4, 0.5) is 0 Å². The second-order valence-electron chi connectivity index (χ2n) is 9.33. The van der Waals surface area contributed by atoms with E-state index in [-0.39, 0.29) is 11.5 Å². The minimum atomic E-state index is -0.0707. The van der Waals surface area contributed by atoms with Gasteiger partial charge in [-0.3, -0.25) is 19.5 Å². The van der Waals surface area contributed by atoms with Crippen LogP contribution in [0.1, 0.15) is 42.1 Å². The summed E-state index contributed by atoms with van der Waals surface area (Å²) in [5.74, 6) is 0.611. The van der Waals surface area contributed by atoms with Gasteiger partial charge in [0.1, 0.15) is 12.4 Å². The molecular weight excluding hydrogens is 440 g/mol. The highest BCUT2D eigenvalue weighted by atomic mass is 16.5.